The summed E-state index contributed by atoms with van der Waals surface area (Å²) in [5.74, 6) is -1.08. The average Bonchev–Trinajstić information content (AvgIpc) is 1.19. The van der Waals surface area contributed by atoms with Crippen molar-refractivity contribution in [1.82, 2.24) is 0 Å². The van der Waals surface area contributed by atoms with Crippen molar-refractivity contribution in [2.24, 2.45) is 0 Å². The number of carboxylic acid groups (broad SMARTS) is 1. The number of carbonyl (C=O) groups is 1. The smallest absolute Gasteiger partial charge is 0.822 e. The number of hydrogen-bond donors (Lipinski definition) is 0. The molecular formula is C2H3K4O6P. The zero-order chi connectivity index (χ0) is 8.08. The average molecular weight is 310 g/mol. The van der Waals surface area contributed by atoms with E-state index in [-0.39, 0.29) is 206 Å². The fourth-order valence-electron chi connectivity index (χ4n) is 0. The summed E-state index contributed by atoms with van der Waals surface area (Å²) in [6.45, 7) is 0.972. The predicted octanol–water partition coefficient (Wildman–Crippen LogP) is -16.1. The predicted molar refractivity (Wildman–Crippen MR) is 18.3 cm³/mol. The maximum atomic E-state index is 8.89. The van der Waals surface area contributed by atoms with Crippen LogP contribution in [0.2, 0.25) is 0 Å². The van der Waals surface area contributed by atoms with Crippen LogP contribution in [0.1, 0.15) is 6.92 Å². The molecule has 0 saturated carbocycles. The molecule has 0 fully saturated rings. The molecule has 6 nitrogen and oxygen atoms in total. The Labute approximate surface area is 247 Å². The van der Waals surface area contributed by atoms with E-state index in [9.17, 15) is 0 Å². The van der Waals surface area contributed by atoms with Crippen LogP contribution >= 0.6 is 7.82 Å². The third-order valence-electron chi connectivity index (χ3n) is 0. The molecule has 0 aromatic rings. The Morgan fingerprint density at radius 3 is 1.00 bits per heavy atom. The number of phosphoric acid groups is 1. The van der Waals surface area contributed by atoms with Crippen molar-refractivity contribution >= 4 is 13.8 Å². The summed E-state index contributed by atoms with van der Waals surface area (Å²) in [4.78, 5) is 34.5. The second kappa shape index (κ2) is 23.2. The Kier molecular flexibility index (Phi) is 65.2. The maximum Gasteiger partial charge on any atom is 1.00 e. The minimum Gasteiger partial charge on any atom is -0.822 e. The molecule has 0 N–H and O–H groups in total. The molecule has 0 aliphatic rings. The van der Waals surface area contributed by atoms with Gasteiger partial charge < -0.3 is 29.1 Å². The van der Waals surface area contributed by atoms with Crippen LogP contribution in [0, 0.1) is 0 Å². The van der Waals surface area contributed by atoms with Crippen molar-refractivity contribution in [3.05, 3.63) is 0 Å². The summed E-state index contributed by atoms with van der Waals surface area (Å²) in [6, 6.07) is 0. The molecule has 0 spiro atoms. The van der Waals surface area contributed by atoms with Gasteiger partial charge in [-0.15, -0.1) is 0 Å². The monoisotopic (exact) mass is 310 g/mol. The molecule has 0 aliphatic carbocycles. The molecular weight excluding hydrogens is 307 g/mol. The second-order valence-corrected chi connectivity index (χ2v) is 1.83. The van der Waals surface area contributed by atoms with Crippen molar-refractivity contribution in [3.8, 4) is 0 Å². The Morgan fingerprint density at radius 1 is 1.00 bits per heavy atom. The van der Waals surface area contributed by atoms with Crippen LogP contribution in [0.5, 0.6) is 0 Å². The van der Waals surface area contributed by atoms with Crippen LogP contribution in [0.3, 0.4) is 0 Å². The molecule has 0 radical (unpaired) electrons. The molecule has 56 valence electrons. The van der Waals surface area contributed by atoms with Gasteiger partial charge in [-0.3, -0.25) is 0 Å². The Morgan fingerprint density at radius 2 is 1.00 bits per heavy atom. The number of carboxylic acids is 1. The molecule has 11 heteroatoms. The summed E-state index contributed by atoms with van der Waals surface area (Å²) in [5, 5.41) is 8.89. The number of carbonyl (C=O) groups excluding carboxylic acids is 1. The van der Waals surface area contributed by atoms with E-state index >= 15 is 0 Å². The molecule has 0 bridgehead atoms. The minimum atomic E-state index is -5.39. The molecule has 0 aromatic carbocycles. The minimum absolute atomic E-state index is 0. The first-order valence-electron chi connectivity index (χ1n) is 1.64. The summed E-state index contributed by atoms with van der Waals surface area (Å²) < 4.78 is 8.55. The summed E-state index contributed by atoms with van der Waals surface area (Å²) >= 11 is 0. The van der Waals surface area contributed by atoms with E-state index in [0.717, 1.165) is 6.92 Å². The molecule has 0 unspecified atom stereocenters. The van der Waals surface area contributed by atoms with E-state index in [2.05, 4.69) is 0 Å². The second-order valence-electron chi connectivity index (χ2n) is 0.939. The van der Waals surface area contributed by atoms with Gasteiger partial charge in [-0.05, 0) is 6.92 Å². The van der Waals surface area contributed by atoms with Crippen molar-refractivity contribution in [2.75, 3.05) is 0 Å². The largest absolute Gasteiger partial charge is 1.00 e. The third-order valence-corrected chi connectivity index (χ3v) is 0. The van der Waals surface area contributed by atoms with Gasteiger partial charge >= 0.3 is 206 Å². The first-order chi connectivity index (χ1) is 3.73. The molecule has 0 rings (SSSR count). The van der Waals surface area contributed by atoms with Gasteiger partial charge in [0.25, 0.3) is 0 Å². The van der Waals surface area contributed by atoms with Crippen molar-refractivity contribution in [3.63, 3.8) is 0 Å². The van der Waals surface area contributed by atoms with Crippen molar-refractivity contribution in [1.29, 1.82) is 0 Å². The van der Waals surface area contributed by atoms with Gasteiger partial charge in [0.15, 0.2) is 0 Å². The van der Waals surface area contributed by atoms with Crippen molar-refractivity contribution in [2.45, 2.75) is 6.92 Å². The molecule has 0 heterocycles. The molecule has 0 atom stereocenters. The van der Waals surface area contributed by atoms with E-state index in [4.69, 9.17) is 29.1 Å². The standard InChI is InChI=1S/C2H4O2.4K.H3O4P/c1-2(3)4;;;;;1-5(2,3)4/h1H3,(H,3,4);;;;;(H3,1,2,3,4)/q;4*+1;/p-4. The van der Waals surface area contributed by atoms with Crippen LogP contribution in [0.15, 0.2) is 0 Å². The summed E-state index contributed by atoms with van der Waals surface area (Å²) in [6.07, 6.45) is 0. The first-order valence-corrected chi connectivity index (χ1v) is 3.10. The third kappa shape index (κ3) is 126. The van der Waals surface area contributed by atoms with Crippen LogP contribution < -0.4 is 225 Å². The Hall–Kier alpha value is 6.13. The van der Waals surface area contributed by atoms with Gasteiger partial charge in [-0.25, -0.2) is 0 Å². The molecule has 13 heavy (non-hydrogen) atoms. The number of rotatable bonds is 0. The van der Waals surface area contributed by atoms with E-state index in [1.807, 2.05) is 0 Å². The zero-order valence-electron chi connectivity index (χ0n) is 8.40. The molecule has 0 aromatic heterocycles. The molecule has 0 amide bonds. The normalized spacial score (nSPS) is 6.46. The Balaban J connectivity index is -0.0000000146. The summed E-state index contributed by atoms with van der Waals surface area (Å²) in [7, 11) is -5.39. The zero-order valence-corrected chi connectivity index (χ0v) is 21.8. The fourth-order valence-corrected chi connectivity index (χ4v) is 0. The molecule has 0 aliphatic heterocycles. The van der Waals surface area contributed by atoms with E-state index in [0.29, 0.717) is 0 Å². The maximum absolute atomic E-state index is 8.89. The van der Waals surface area contributed by atoms with Crippen LogP contribution in [-0.4, -0.2) is 5.97 Å². The SMILES string of the molecule is CC(=O)[O-].O=P([O-])([O-])[O-].[K+].[K+].[K+].[K+]. The van der Waals surface area contributed by atoms with Crippen LogP contribution in [0.25, 0.3) is 0 Å². The number of aliphatic carboxylic acids is 1. The van der Waals surface area contributed by atoms with Crippen LogP contribution in [0.4, 0.5) is 0 Å². The van der Waals surface area contributed by atoms with Gasteiger partial charge in [0.1, 0.15) is 0 Å². The van der Waals surface area contributed by atoms with Gasteiger partial charge in [-0.1, -0.05) is 0 Å². The van der Waals surface area contributed by atoms with E-state index in [1.54, 1.807) is 0 Å². The Bertz CT molecular complexity index is 122. The quantitative estimate of drug-likeness (QED) is 0.323. The summed E-state index contributed by atoms with van der Waals surface area (Å²) in [5.41, 5.74) is 0. The van der Waals surface area contributed by atoms with Gasteiger partial charge in [0.05, 0.1) is 0 Å². The fraction of sp³-hybridized carbons (Fsp3) is 0.500. The van der Waals surface area contributed by atoms with Gasteiger partial charge in [0.2, 0.25) is 0 Å². The van der Waals surface area contributed by atoms with E-state index < -0.39 is 13.8 Å². The van der Waals surface area contributed by atoms with Gasteiger partial charge in [-0.2, -0.15) is 7.82 Å². The number of hydrogen-bond acceptors (Lipinski definition) is 6. The molecule has 0 saturated heterocycles. The van der Waals surface area contributed by atoms with Crippen molar-refractivity contribution < 1.29 is 235 Å². The van der Waals surface area contributed by atoms with E-state index in [1.165, 1.54) is 0 Å². The van der Waals surface area contributed by atoms with Crippen LogP contribution in [-0.2, 0) is 9.36 Å². The topological polar surface area (TPSA) is 126 Å². The van der Waals surface area contributed by atoms with Gasteiger partial charge in [0, 0.05) is 5.97 Å². The first kappa shape index (κ1) is 36.5.